The monoisotopic (exact) mass is 306 g/mol. The van der Waals surface area contributed by atoms with Crippen LogP contribution in [0.1, 0.15) is 16.7 Å². The van der Waals surface area contributed by atoms with Crippen molar-refractivity contribution in [2.75, 3.05) is 13.4 Å². The van der Waals surface area contributed by atoms with Crippen LogP contribution in [0, 0.1) is 0 Å². The molecule has 21 heavy (non-hydrogen) atoms. The Morgan fingerprint density at radius 3 is 2.14 bits per heavy atom. The van der Waals surface area contributed by atoms with Gasteiger partial charge in [-0.2, -0.15) is 8.42 Å². The van der Waals surface area contributed by atoms with Crippen LogP contribution in [0.4, 0.5) is 0 Å². The van der Waals surface area contributed by atoms with E-state index in [1.54, 1.807) is 7.11 Å². The predicted octanol–water partition coefficient (Wildman–Crippen LogP) is 2.76. The van der Waals surface area contributed by atoms with Crippen LogP contribution in [-0.2, 0) is 27.3 Å². The molecule has 0 heterocycles. The number of ether oxygens (including phenoxy) is 1. The van der Waals surface area contributed by atoms with Gasteiger partial charge in [0.15, 0.2) is 0 Å². The van der Waals surface area contributed by atoms with Crippen LogP contribution >= 0.6 is 0 Å². The summed E-state index contributed by atoms with van der Waals surface area (Å²) < 4.78 is 32.2. The maximum Gasteiger partial charge on any atom is 0.264 e. The smallest absolute Gasteiger partial charge is 0.264 e. The summed E-state index contributed by atoms with van der Waals surface area (Å²) in [5.74, 6) is 0.812. The van der Waals surface area contributed by atoms with E-state index in [2.05, 4.69) is 0 Å². The zero-order valence-electron chi connectivity index (χ0n) is 12.1. The Hall–Kier alpha value is -1.85. The van der Waals surface area contributed by atoms with Crippen LogP contribution < -0.4 is 4.74 Å². The fourth-order valence-corrected chi connectivity index (χ4v) is 2.35. The Labute approximate surface area is 125 Å². The molecule has 2 rings (SSSR count). The molecule has 0 spiro atoms. The van der Waals surface area contributed by atoms with E-state index in [-0.39, 0.29) is 6.61 Å². The van der Waals surface area contributed by atoms with Crippen molar-refractivity contribution in [1.29, 1.82) is 0 Å². The SMILES string of the molecule is COc1ccc(Cc2ccccc2COS(C)(=O)=O)cc1. The summed E-state index contributed by atoms with van der Waals surface area (Å²) in [6, 6.07) is 15.5. The van der Waals surface area contributed by atoms with Crippen LogP contribution in [0.5, 0.6) is 5.75 Å². The Morgan fingerprint density at radius 1 is 0.952 bits per heavy atom. The molecule has 0 fully saturated rings. The molecular weight excluding hydrogens is 288 g/mol. The fourth-order valence-electron chi connectivity index (χ4n) is 2.00. The summed E-state index contributed by atoms with van der Waals surface area (Å²) in [6.07, 6.45) is 1.77. The van der Waals surface area contributed by atoms with Gasteiger partial charge in [0.1, 0.15) is 5.75 Å². The molecule has 0 aliphatic heterocycles. The van der Waals surface area contributed by atoms with E-state index in [9.17, 15) is 8.42 Å². The molecule has 0 atom stereocenters. The minimum absolute atomic E-state index is 0.0607. The Kier molecular flexibility index (Phi) is 4.98. The number of benzene rings is 2. The van der Waals surface area contributed by atoms with Crippen molar-refractivity contribution in [3.8, 4) is 5.75 Å². The van der Waals surface area contributed by atoms with Gasteiger partial charge in [-0.1, -0.05) is 36.4 Å². The van der Waals surface area contributed by atoms with Gasteiger partial charge < -0.3 is 4.74 Å². The summed E-state index contributed by atoms with van der Waals surface area (Å²) in [7, 11) is -1.81. The van der Waals surface area contributed by atoms with Gasteiger partial charge in [0, 0.05) is 0 Å². The molecule has 0 amide bonds. The first kappa shape index (κ1) is 15.5. The largest absolute Gasteiger partial charge is 0.497 e. The van der Waals surface area contributed by atoms with Crippen molar-refractivity contribution in [3.63, 3.8) is 0 Å². The molecule has 2 aromatic rings. The van der Waals surface area contributed by atoms with Crippen molar-refractivity contribution >= 4 is 10.1 Å². The first-order chi connectivity index (χ1) is 9.98. The van der Waals surface area contributed by atoms with E-state index in [0.29, 0.717) is 6.42 Å². The number of rotatable bonds is 6. The number of hydrogen-bond acceptors (Lipinski definition) is 4. The van der Waals surface area contributed by atoms with Crippen molar-refractivity contribution in [2.24, 2.45) is 0 Å². The quantitative estimate of drug-likeness (QED) is 0.770. The minimum atomic E-state index is -3.44. The average molecular weight is 306 g/mol. The molecule has 0 aliphatic carbocycles. The van der Waals surface area contributed by atoms with Gasteiger partial charge in [-0.05, 0) is 35.2 Å². The molecule has 0 N–H and O–H groups in total. The van der Waals surface area contributed by atoms with Crippen LogP contribution in [0.25, 0.3) is 0 Å². The van der Waals surface area contributed by atoms with Crippen LogP contribution in [0.3, 0.4) is 0 Å². The maximum atomic E-state index is 11.1. The number of hydrogen-bond donors (Lipinski definition) is 0. The lowest BCUT2D eigenvalue weighted by Crippen LogP contribution is -2.05. The van der Waals surface area contributed by atoms with E-state index in [4.69, 9.17) is 8.92 Å². The topological polar surface area (TPSA) is 52.6 Å². The van der Waals surface area contributed by atoms with Crippen LogP contribution in [0.15, 0.2) is 48.5 Å². The van der Waals surface area contributed by atoms with Crippen molar-refractivity contribution in [3.05, 3.63) is 65.2 Å². The predicted molar refractivity (Wildman–Crippen MR) is 81.9 cm³/mol. The minimum Gasteiger partial charge on any atom is -0.497 e. The van der Waals surface area contributed by atoms with E-state index in [1.165, 1.54) is 0 Å². The third-order valence-electron chi connectivity index (χ3n) is 3.10. The summed E-state index contributed by atoms with van der Waals surface area (Å²) in [5, 5.41) is 0. The van der Waals surface area contributed by atoms with E-state index in [1.807, 2.05) is 48.5 Å². The second kappa shape index (κ2) is 6.74. The van der Waals surface area contributed by atoms with Gasteiger partial charge in [-0.25, -0.2) is 0 Å². The lowest BCUT2D eigenvalue weighted by molar-refractivity contribution is 0.311. The van der Waals surface area contributed by atoms with Gasteiger partial charge in [-0.3, -0.25) is 4.18 Å². The molecule has 0 bridgehead atoms. The summed E-state index contributed by atoms with van der Waals surface area (Å²) in [5.41, 5.74) is 3.05. The highest BCUT2D eigenvalue weighted by Gasteiger charge is 2.07. The fraction of sp³-hybridized carbons (Fsp3) is 0.250. The molecule has 0 unspecified atom stereocenters. The molecule has 0 saturated carbocycles. The average Bonchev–Trinajstić information content (AvgIpc) is 2.46. The lowest BCUT2D eigenvalue weighted by Gasteiger charge is -2.10. The van der Waals surface area contributed by atoms with Gasteiger partial charge >= 0.3 is 0 Å². The van der Waals surface area contributed by atoms with Crippen LogP contribution in [0.2, 0.25) is 0 Å². The Morgan fingerprint density at radius 2 is 1.57 bits per heavy atom. The standard InChI is InChI=1S/C16H18O4S/c1-19-16-9-7-13(8-10-16)11-14-5-3-4-6-15(14)12-20-21(2,17)18/h3-10H,11-12H2,1-2H3. The Balaban J connectivity index is 2.15. The van der Waals surface area contributed by atoms with Crippen molar-refractivity contribution < 1.29 is 17.3 Å². The van der Waals surface area contributed by atoms with Gasteiger partial charge in [0.25, 0.3) is 10.1 Å². The van der Waals surface area contributed by atoms with Gasteiger partial charge in [-0.15, -0.1) is 0 Å². The molecule has 5 heteroatoms. The van der Waals surface area contributed by atoms with Crippen molar-refractivity contribution in [1.82, 2.24) is 0 Å². The zero-order valence-corrected chi connectivity index (χ0v) is 12.9. The highest BCUT2D eigenvalue weighted by Crippen LogP contribution is 2.18. The first-order valence-electron chi connectivity index (χ1n) is 6.52. The molecule has 0 aliphatic rings. The van der Waals surface area contributed by atoms with Gasteiger partial charge in [0.05, 0.1) is 20.0 Å². The van der Waals surface area contributed by atoms with E-state index in [0.717, 1.165) is 28.7 Å². The molecule has 4 nitrogen and oxygen atoms in total. The summed E-state index contributed by atoms with van der Waals surface area (Å²) >= 11 is 0. The van der Waals surface area contributed by atoms with Crippen molar-refractivity contribution in [2.45, 2.75) is 13.0 Å². The molecule has 0 radical (unpaired) electrons. The highest BCUT2D eigenvalue weighted by molar-refractivity contribution is 7.85. The van der Waals surface area contributed by atoms with Crippen LogP contribution in [-0.4, -0.2) is 21.8 Å². The molecular formula is C16H18O4S. The van der Waals surface area contributed by atoms with E-state index < -0.39 is 10.1 Å². The maximum absolute atomic E-state index is 11.1. The summed E-state index contributed by atoms with van der Waals surface area (Å²) in [4.78, 5) is 0. The summed E-state index contributed by atoms with van der Waals surface area (Å²) in [6.45, 7) is 0.0607. The molecule has 0 aromatic heterocycles. The second-order valence-electron chi connectivity index (χ2n) is 4.76. The molecule has 2 aromatic carbocycles. The molecule has 0 saturated heterocycles. The third-order valence-corrected chi connectivity index (χ3v) is 3.65. The lowest BCUT2D eigenvalue weighted by atomic mass is 10.0. The normalized spacial score (nSPS) is 11.3. The second-order valence-corrected chi connectivity index (χ2v) is 6.40. The Bertz CT molecular complexity index is 690. The number of methoxy groups -OCH3 is 1. The highest BCUT2D eigenvalue weighted by atomic mass is 32.2. The first-order valence-corrected chi connectivity index (χ1v) is 8.34. The molecule has 112 valence electrons. The van der Waals surface area contributed by atoms with E-state index >= 15 is 0 Å². The third kappa shape index (κ3) is 4.88. The zero-order chi connectivity index (χ0) is 15.3. The van der Waals surface area contributed by atoms with Gasteiger partial charge in [0.2, 0.25) is 0 Å².